The monoisotopic (exact) mass is 256 g/mol. The number of aliphatic hydroxyl groups is 1. The first-order valence-corrected chi connectivity index (χ1v) is 7.02. The third-order valence-corrected chi connectivity index (χ3v) is 4.03. The number of benzene rings is 1. The van der Waals surface area contributed by atoms with Gasteiger partial charge >= 0.3 is 0 Å². The van der Waals surface area contributed by atoms with Gasteiger partial charge in [-0.15, -0.1) is 0 Å². The largest absolute Gasteiger partial charge is 0.387 e. The van der Waals surface area contributed by atoms with E-state index in [9.17, 15) is 5.11 Å². The molecule has 1 aromatic heterocycles. The number of hydrogen-bond acceptors (Lipinski definition) is 2. The van der Waals surface area contributed by atoms with Crippen molar-refractivity contribution in [2.45, 2.75) is 45.3 Å². The minimum absolute atomic E-state index is 0.457. The molecule has 100 valence electrons. The quantitative estimate of drug-likeness (QED) is 0.917. The zero-order valence-electron chi connectivity index (χ0n) is 11.3. The van der Waals surface area contributed by atoms with Crippen LogP contribution in [0, 0.1) is 6.92 Å². The van der Waals surface area contributed by atoms with Crippen LogP contribution >= 0.6 is 0 Å². The summed E-state index contributed by atoms with van der Waals surface area (Å²) in [4.78, 5) is 4.48. The highest BCUT2D eigenvalue weighted by Gasteiger charge is 2.18. The van der Waals surface area contributed by atoms with Crippen LogP contribution in [0.5, 0.6) is 0 Å². The Bertz CT molecular complexity index is 574. The lowest BCUT2D eigenvalue weighted by atomic mass is 10.0. The van der Waals surface area contributed by atoms with Gasteiger partial charge in [0.1, 0.15) is 0 Å². The molecule has 0 radical (unpaired) electrons. The first kappa shape index (κ1) is 12.4. The van der Waals surface area contributed by atoms with E-state index in [-0.39, 0.29) is 0 Å². The normalized spacial score (nSPS) is 16.1. The molecule has 0 saturated carbocycles. The number of aryl methyl sites for hydroxylation is 2. The highest BCUT2D eigenvalue weighted by molar-refractivity contribution is 5.28. The maximum Gasteiger partial charge on any atom is 0.0971 e. The van der Waals surface area contributed by atoms with Gasteiger partial charge in [0.15, 0.2) is 0 Å². The third kappa shape index (κ3) is 2.43. The van der Waals surface area contributed by atoms with Gasteiger partial charge in [0.05, 0.1) is 24.7 Å². The molecular formula is C16H20N2O. The average molecular weight is 256 g/mol. The molecule has 0 bridgehead atoms. The van der Waals surface area contributed by atoms with Crippen LogP contribution in [0.15, 0.2) is 30.6 Å². The van der Waals surface area contributed by atoms with Crippen LogP contribution in [0.4, 0.5) is 0 Å². The minimum atomic E-state index is -0.457. The van der Waals surface area contributed by atoms with Crippen molar-refractivity contribution in [2.75, 3.05) is 0 Å². The third-order valence-electron chi connectivity index (χ3n) is 4.03. The number of aromatic nitrogens is 2. The second kappa shape index (κ2) is 5.17. The van der Waals surface area contributed by atoms with Crippen LogP contribution < -0.4 is 0 Å². The van der Waals surface area contributed by atoms with Crippen molar-refractivity contribution >= 4 is 0 Å². The van der Waals surface area contributed by atoms with E-state index in [0.717, 1.165) is 24.0 Å². The molecule has 0 amide bonds. The van der Waals surface area contributed by atoms with Gasteiger partial charge in [-0.1, -0.05) is 24.3 Å². The summed E-state index contributed by atoms with van der Waals surface area (Å²) in [6.45, 7) is 2.65. The number of hydrogen-bond donors (Lipinski definition) is 1. The Morgan fingerprint density at radius 2 is 2.05 bits per heavy atom. The van der Waals surface area contributed by atoms with Gasteiger partial charge in [0.2, 0.25) is 0 Å². The molecule has 3 heteroatoms. The predicted octanol–water partition coefficient (Wildman–Crippen LogP) is 2.80. The summed E-state index contributed by atoms with van der Waals surface area (Å²) in [7, 11) is 0. The Hall–Kier alpha value is -1.61. The predicted molar refractivity (Wildman–Crippen MR) is 75.0 cm³/mol. The molecule has 1 atom stereocenters. The molecule has 2 aromatic rings. The first-order valence-electron chi connectivity index (χ1n) is 7.02. The van der Waals surface area contributed by atoms with Crippen molar-refractivity contribution in [1.29, 1.82) is 0 Å². The number of aliphatic hydroxyl groups excluding tert-OH is 1. The summed E-state index contributed by atoms with van der Waals surface area (Å²) in [5.74, 6) is 0. The van der Waals surface area contributed by atoms with Crippen LogP contribution in [0.2, 0.25) is 0 Å². The maximum absolute atomic E-state index is 10.4. The SMILES string of the molecule is Cc1ccccc1C(O)Cn1cnc2c1CCCC2. The maximum atomic E-state index is 10.4. The zero-order chi connectivity index (χ0) is 13.2. The molecule has 1 aromatic carbocycles. The van der Waals surface area contributed by atoms with Crippen LogP contribution in [0.1, 0.15) is 41.5 Å². The van der Waals surface area contributed by atoms with E-state index in [1.54, 1.807) is 0 Å². The lowest BCUT2D eigenvalue weighted by Crippen LogP contribution is -2.13. The van der Waals surface area contributed by atoms with E-state index in [0.29, 0.717) is 6.54 Å². The summed E-state index contributed by atoms with van der Waals surface area (Å²) in [6.07, 6.45) is 6.08. The molecule has 3 rings (SSSR count). The Morgan fingerprint density at radius 3 is 2.89 bits per heavy atom. The summed E-state index contributed by atoms with van der Waals surface area (Å²) in [5, 5.41) is 10.4. The van der Waals surface area contributed by atoms with Gasteiger partial charge in [-0.05, 0) is 43.7 Å². The lowest BCUT2D eigenvalue weighted by molar-refractivity contribution is 0.154. The topological polar surface area (TPSA) is 38.0 Å². The van der Waals surface area contributed by atoms with Gasteiger partial charge < -0.3 is 9.67 Å². The van der Waals surface area contributed by atoms with Crippen molar-refractivity contribution < 1.29 is 5.11 Å². The molecule has 0 saturated heterocycles. The van der Waals surface area contributed by atoms with Gasteiger partial charge in [0, 0.05) is 5.69 Å². The van der Waals surface area contributed by atoms with Crippen molar-refractivity contribution in [3.8, 4) is 0 Å². The molecular weight excluding hydrogens is 236 g/mol. The van der Waals surface area contributed by atoms with Crippen molar-refractivity contribution in [3.05, 3.63) is 53.1 Å². The van der Waals surface area contributed by atoms with Crippen LogP contribution in [0.25, 0.3) is 0 Å². The van der Waals surface area contributed by atoms with Crippen molar-refractivity contribution in [1.82, 2.24) is 9.55 Å². The molecule has 1 heterocycles. The molecule has 1 aliphatic rings. The molecule has 3 nitrogen and oxygen atoms in total. The van der Waals surface area contributed by atoms with E-state index >= 15 is 0 Å². The molecule has 0 spiro atoms. The zero-order valence-corrected chi connectivity index (χ0v) is 11.3. The standard InChI is InChI=1S/C16H20N2O/c1-12-6-2-3-7-13(12)16(19)10-18-11-17-14-8-4-5-9-15(14)18/h2-3,6-7,11,16,19H,4-5,8-10H2,1H3. The lowest BCUT2D eigenvalue weighted by Gasteiger charge is -2.18. The smallest absolute Gasteiger partial charge is 0.0971 e. The fraction of sp³-hybridized carbons (Fsp3) is 0.438. The summed E-state index contributed by atoms with van der Waals surface area (Å²) in [5.41, 5.74) is 4.70. The van der Waals surface area contributed by atoms with E-state index < -0.39 is 6.10 Å². The van der Waals surface area contributed by atoms with Crippen molar-refractivity contribution in [2.24, 2.45) is 0 Å². The van der Waals surface area contributed by atoms with E-state index in [1.807, 2.05) is 37.5 Å². The Kier molecular flexibility index (Phi) is 3.38. The number of fused-ring (bicyclic) bond motifs is 1. The van der Waals surface area contributed by atoms with E-state index in [4.69, 9.17) is 0 Å². The van der Waals surface area contributed by atoms with Crippen molar-refractivity contribution in [3.63, 3.8) is 0 Å². The second-order valence-corrected chi connectivity index (χ2v) is 5.37. The number of nitrogens with zero attached hydrogens (tertiary/aromatic N) is 2. The number of rotatable bonds is 3. The Labute approximate surface area is 113 Å². The molecule has 1 unspecified atom stereocenters. The van der Waals surface area contributed by atoms with Gasteiger partial charge in [-0.2, -0.15) is 0 Å². The second-order valence-electron chi connectivity index (χ2n) is 5.37. The molecule has 0 fully saturated rings. The van der Waals surface area contributed by atoms with E-state index in [2.05, 4.69) is 9.55 Å². The van der Waals surface area contributed by atoms with E-state index in [1.165, 1.54) is 24.2 Å². The summed E-state index contributed by atoms with van der Waals surface area (Å²) < 4.78 is 2.13. The van der Waals surface area contributed by atoms with Gasteiger partial charge in [-0.25, -0.2) is 4.98 Å². The molecule has 1 N–H and O–H groups in total. The average Bonchev–Trinajstić information content (AvgIpc) is 2.83. The summed E-state index contributed by atoms with van der Waals surface area (Å²) in [6, 6.07) is 8.03. The summed E-state index contributed by atoms with van der Waals surface area (Å²) >= 11 is 0. The van der Waals surface area contributed by atoms with Gasteiger partial charge in [-0.3, -0.25) is 0 Å². The Balaban J connectivity index is 1.82. The van der Waals surface area contributed by atoms with Crippen LogP contribution in [-0.2, 0) is 19.4 Å². The molecule has 19 heavy (non-hydrogen) atoms. The molecule has 1 aliphatic carbocycles. The number of imidazole rings is 1. The van der Waals surface area contributed by atoms with Crippen LogP contribution in [0.3, 0.4) is 0 Å². The first-order chi connectivity index (χ1) is 9.25. The molecule has 0 aliphatic heterocycles. The van der Waals surface area contributed by atoms with Gasteiger partial charge in [0.25, 0.3) is 0 Å². The van der Waals surface area contributed by atoms with Crippen LogP contribution in [-0.4, -0.2) is 14.7 Å². The Morgan fingerprint density at radius 1 is 1.26 bits per heavy atom. The highest BCUT2D eigenvalue weighted by atomic mass is 16.3. The minimum Gasteiger partial charge on any atom is -0.387 e. The fourth-order valence-corrected chi connectivity index (χ4v) is 2.93. The highest BCUT2D eigenvalue weighted by Crippen LogP contribution is 2.24. The fourth-order valence-electron chi connectivity index (χ4n) is 2.93.